The van der Waals surface area contributed by atoms with Crippen LogP contribution in [0.1, 0.15) is 59.3 Å². The van der Waals surface area contributed by atoms with Crippen LogP contribution in [0, 0.1) is 11.3 Å². The molecule has 1 aliphatic carbocycles. The summed E-state index contributed by atoms with van der Waals surface area (Å²) in [5.74, 6) is 0.661. The molecular weight excluding hydrogens is 254 g/mol. The van der Waals surface area contributed by atoms with E-state index < -0.39 is 5.41 Å². The van der Waals surface area contributed by atoms with Gasteiger partial charge in [0.25, 0.3) is 0 Å². The monoisotopic (exact) mass is 283 g/mol. The molecule has 1 fully saturated rings. The molecular formula is C15H29N3O2. The molecule has 3 N–H and O–H groups in total. The van der Waals surface area contributed by atoms with Crippen LogP contribution < -0.4 is 5.73 Å². The maximum absolute atomic E-state index is 13.0. The molecule has 5 heteroatoms. The fraction of sp³-hybridized carbons (Fsp3) is 0.867. The third kappa shape index (κ3) is 3.25. The zero-order chi connectivity index (χ0) is 15.3. The van der Waals surface area contributed by atoms with Gasteiger partial charge in [0.05, 0.1) is 0 Å². The Morgan fingerprint density at radius 1 is 1.40 bits per heavy atom. The van der Waals surface area contributed by atoms with Crippen LogP contribution in [0.15, 0.2) is 5.16 Å². The van der Waals surface area contributed by atoms with E-state index in [4.69, 9.17) is 10.9 Å². The number of nitrogens with zero attached hydrogens (tertiary/aromatic N) is 2. The van der Waals surface area contributed by atoms with Crippen molar-refractivity contribution in [1.82, 2.24) is 4.90 Å². The van der Waals surface area contributed by atoms with Gasteiger partial charge in [-0.3, -0.25) is 4.79 Å². The van der Waals surface area contributed by atoms with Crippen LogP contribution in [0.4, 0.5) is 0 Å². The molecule has 0 bridgehead atoms. The molecule has 1 atom stereocenters. The standard InChI is InChI=1S/C15H29N3O2/c1-5-9-15(10-6-2,13(16)17-20)14(19)18(4)11(3)12-7-8-12/h11-12,20H,5-10H2,1-4H3,(H2,16,17). The molecule has 1 unspecified atom stereocenters. The van der Waals surface area contributed by atoms with Gasteiger partial charge in [0, 0.05) is 13.1 Å². The summed E-state index contributed by atoms with van der Waals surface area (Å²) in [6.07, 6.45) is 5.28. The Morgan fingerprint density at radius 3 is 2.25 bits per heavy atom. The molecule has 0 spiro atoms. The number of amides is 1. The van der Waals surface area contributed by atoms with E-state index in [2.05, 4.69) is 12.1 Å². The maximum Gasteiger partial charge on any atom is 0.236 e. The maximum atomic E-state index is 13.0. The average Bonchev–Trinajstić information content (AvgIpc) is 3.28. The molecule has 0 saturated heterocycles. The molecule has 5 nitrogen and oxygen atoms in total. The van der Waals surface area contributed by atoms with Crippen LogP contribution in [0.25, 0.3) is 0 Å². The molecule has 1 aliphatic rings. The van der Waals surface area contributed by atoms with Crippen molar-refractivity contribution in [3.05, 3.63) is 0 Å². The second-order valence-electron chi connectivity index (χ2n) is 6.06. The fourth-order valence-electron chi connectivity index (χ4n) is 3.07. The highest BCUT2D eigenvalue weighted by atomic mass is 16.4. The highest BCUT2D eigenvalue weighted by Crippen LogP contribution is 2.38. The van der Waals surface area contributed by atoms with E-state index in [0.717, 1.165) is 12.8 Å². The summed E-state index contributed by atoms with van der Waals surface area (Å²) in [7, 11) is 1.84. The minimum absolute atomic E-state index is 0.00380. The summed E-state index contributed by atoms with van der Waals surface area (Å²) in [5.41, 5.74) is 5.06. The third-order valence-electron chi connectivity index (χ3n) is 4.60. The molecule has 20 heavy (non-hydrogen) atoms. The number of hydrogen-bond acceptors (Lipinski definition) is 3. The highest BCUT2D eigenvalue weighted by molar-refractivity contribution is 6.06. The summed E-state index contributed by atoms with van der Waals surface area (Å²) in [6.45, 7) is 6.13. The Kier molecular flexibility index (Phi) is 5.84. The molecule has 0 heterocycles. The Bertz CT molecular complexity index is 358. The van der Waals surface area contributed by atoms with Gasteiger partial charge in [-0.15, -0.1) is 0 Å². The Balaban J connectivity index is 3.03. The zero-order valence-electron chi connectivity index (χ0n) is 13.2. The largest absolute Gasteiger partial charge is 0.409 e. The lowest BCUT2D eigenvalue weighted by Gasteiger charge is -2.37. The smallest absolute Gasteiger partial charge is 0.236 e. The molecule has 0 aromatic carbocycles. The van der Waals surface area contributed by atoms with Crippen molar-refractivity contribution in [3.63, 3.8) is 0 Å². The lowest BCUT2D eigenvalue weighted by Crippen LogP contribution is -2.52. The molecule has 1 saturated carbocycles. The minimum Gasteiger partial charge on any atom is -0.409 e. The van der Waals surface area contributed by atoms with Gasteiger partial charge in [0.15, 0.2) is 5.84 Å². The summed E-state index contributed by atoms with van der Waals surface area (Å²) in [4.78, 5) is 14.8. The molecule has 116 valence electrons. The van der Waals surface area contributed by atoms with E-state index in [1.807, 2.05) is 20.9 Å². The first-order valence-electron chi connectivity index (χ1n) is 7.69. The van der Waals surface area contributed by atoms with Gasteiger partial charge in [0.2, 0.25) is 5.91 Å². The number of rotatable bonds is 8. The first-order chi connectivity index (χ1) is 9.44. The van der Waals surface area contributed by atoms with Gasteiger partial charge in [-0.2, -0.15) is 0 Å². The van der Waals surface area contributed by atoms with Crippen molar-refractivity contribution >= 4 is 11.7 Å². The van der Waals surface area contributed by atoms with Crippen LogP contribution in [0.2, 0.25) is 0 Å². The molecule has 0 aromatic rings. The van der Waals surface area contributed by atoms with Crippen LogP contribution in [-0.2, 0) is 4.79 Å². The number of oxime groups is 1. The highest BCUT2D eigenvalue weighted by Gasteiger charge is 2.45. The van der Waals surface area contributed by atoms with E-state index in [0.29, 0.717) is 18.8 Å². The van der Waals surface area contributed by atoms with Crippen LogP contribution in [0.3, 0.4) is 0 Å². The number of hydrogen-bond donors (Lipinski definition) is 2. The van der Waals surface area contributed by atoms with E-state index >= 15 is 0 Å². The third-order valence-corrected chi connectivity index (χ3v) is 4.60. The molecule has 0 aliphatic heterocycles. The molecule has 1 amide bonds. The van der Waals surface area contributed by atoms with Crippen LogP contribution >= 0.6 is 0 Å². The first-order valence-corrected chi connectivity index (χ1v) is 7.69. The molecule has 0 aromatic heterocycles. The lowest BCUT2D eigenvalue weighted by atomic mass is 9.76. The van der Waals surface area contributed by atoms with E-state index in [1.54, 1.807) is 4.90 Å². The topological polar surface area (TPSA) is 78.9 Å². The zero-order valence-corrected chi connectivity index (χ0v) is 13.2. The van der Waals surface area contributed by atoms with Gasteiger partial charge < -0.3 is 15.8 Å². The fourth-order valence-corrected chi connectivity index (χ4v) is 3.07. The lowest BCUT2D eigenvalue weighted by molar-refractivity contribution is -0.140. The summed E-state index contributed by atoms with van der Waals surface area (Å²) in [6, 6.07) is 0.224. The quantitative estimate of drug-likeness (QED) is 0.311. The number of carbonyl (C=O) groups excluding carboxylic acids is 1. The van der Waals surface area contributed by atoms with Gasteiger partial charge in [-0.05, 0) is 38.5 Å². The number of amidine groups is 1. The van der Waals surface area contributed by atoms with Gasteiger partial charge >= 0.3 is 0 Å². The molecule has 1 rings (SSSR count). The number of carbonyl (C=O) groups is 1. The summed E-state index contributed by atoms with van der Waals surface area (Å²) in [5, 5.41) is 12.3. The second kappa shape index (κ2) is 6.95. The number of nitrogens with two attached hydrogens (primary N) is 1. The van der Waals surface area contributed by atoms with Gasteiger partial charge in [-0.1, -0.05) is 31.8 Å². The Hall–Kier alpha value is -1.26. The normalized spacial score (nSPS) is 17.9. The van der Waals surface area contributed by atoms with Crippen molar-refractivity contribution in [2.45, 2.75) is 65.3 Å². The SMILES string of the molecule is CCCC(CCC)(C(=O)N(C)C(C)C1CC1)C(N)=NO. The minimum atomic E-state index is -0.851. The predicted molar refractivity (Wildman–Crippen MR) is 80.6 cm³/mol. The van der Waals surface area contributed by atoms with Crippen molar-refractivity contribution in [1.29, 1.82) is 0 Å². The Morgan fingerprint density at radius 2 is 1.90 bits per heavy atom. The predicted octanol–water partition coefficient (Wildman–Crippen LogP) is 2.58. The van der Waals surface area contributed by atoms with Crippen molar-refractivity contribution in [2.24, 2.45) is 22.2 Å². The van der Waals surface area contributed by atoms with Crippen molar-refractivity contribution in [3.8, 4) is 0 Å². The van der Waals surface area contributed by atoms with Crippen molar-refractivity contribution in [2.75, 3.05) is 7.05 Å². The summed E-state index contributed by atoms with van der Waals surface area (Å²) >= 11 is 0. The van der Waals surface area contributed by atoms with Crippen molar-refractivity contribution < 1.29 is 10.0 Å². The van der Waals surface area contributed by atoms with Crippen LogP contribution in [-0.4, -0.2) is 34.9 Å². The van der Waals surface area contributed by atoms with E-state index in [1.165, 1.54) is 12.8 Å². The van der Waals surface area contributed by atoms with E-state index in [-0.39, 0.29) is 17.8 Å². The summed E-state index contributed by atoms with van der Waals surface area (Å²) < 4.78 is 0. The first kappa shape index (κ1) is 16.8. The Labute approximate surface area is 122 Å². The van der Waals surface area contributed by atoms with Crippen LogP contribution in [0.5, 0.6) is 0 Å². The molecule has 0 radical (unpaired) electrons. The second-order valence-corrected chi connectivity index (χ2v) is 6.06. The van der Waals surface area contributed by atoms with E-state index in [9.17, 15) is 4.79 Å². The average molecular weight is 283 g/mol. The van der Waals surface area contributed by atoms with Gasteiger partial charge in [0.1, 0.15) is 5.41 Å². The van der Waals surface area contributed by atoms with Gasteiger partial charge in [-0.25, -0.2) is 0 Å².